The Morgan fingerprint density at radius 2 is 2.08 bits per heavy atom. The third kappa shape index (κ3) is 3.68. The summed E-state index contributed by atoms with van der Waals surface area (Å²) in [5.74, 6) is 0.661. The van der Waals surface area contributed by atoms with Crippen molar-refractivity contribution in [2.45, 2.75) is 11.1 Å². The SMILES string of the molecule is COc1ccccc1C1CNCCN1S(=O)(=O)c1c(Br)nnn1C.Cl. The van der Waals surface area contributed by atoms with Gasteiger partial charge in [0.05, 0.1) is 13.2 Å². The maximum absolute atomic E-state index is 13.2. The number of methoxy groups -OCH3 is 1. The van der Waals surface area contributed by atoms with Gasteiger partial charge in [-0.15, -0.1) is 17.5 Å². The highest BCUT2D eigenvalue weighted by molar-refractivity contribution is 9.10. The van der Waals surface area contributed by atoms with Gasteiger partial charge in [-0.05, 0) is 22.0 Å². The summed E-state index contributed by atoms with van der Waals surface area (Å²) in [6.45, 7) is 1.43. The van der Waals surface area contributed by atoms with Gasteiger partial charge in [0.1, 0.15) is 5.75 Å². The van der Waals surface area contributed by atoms with E-state index in [1.165, 1.54) is 8.99 Å². The number of piperazine rings is 1. The van der Waals surface area contributed by atoms with Crippen LogP contribution in [-0.2, 0) is 17.1 Å². The minimum atomic E-state index is -3.77. The number of hydrogen-bond acceptors (Lipinski definition) is 6. The van der Waals surface area contributed by atoms with Gasteiger partial charge in [0, 0.05) is 32.2 Å². The number of rotatable bonds is 4. The van der Waals surface area contributed by atoms with Crippen LogP contribution >= 0.6 is 28.3 Å². The normalized spacial score (nSPS) is 18.6. The molecule has 0 saturated carbocycles. The van der Waals surface area contributed by atoms with Gasteiger partial charge in [-0.1, -0.05) is 23.4 Å². The zero-order valence-corrected chi connectivity index (χ0v) is 16.9. The molecule has 0 aliphatic carbocycles. The van der Waals surface area contributed by atoms with Crippen LogP contribution in [0.5, 0.6) is 5.75 Å². The number of halogens is 2. The first kappa shape index (κ1) is 20.1. The topological polar surface area (TPSA) is 89.3 Å². The quantitative estimate of drug-likeness (QED) is 0.753. The molecule has 1 aliphatic heterocycles. The number of sulfonamides is 1. The molecule has 0 spiro atoms. The van der Waals surface area contributed by atoms with Crippen molar-refractivity contribution in [3.63, 3.8) is 0 Å². The Morgan fingerprint density at radius 3 is 2.72 bits per heavy atom. The van der Waals surface area contributed by atoms with E-state index in [0.29, 0.717) is 25.4 Å². The number of aromatic nitrogens is 3. The van der Waals surface area contributed by atoms with Crippen molar-refractivity contribution in [1.82, 2.24) is 24.6 Å². The first-order chi connectivity index (χ1) is 11.5. The molecular weight excluding hydrogens is 434 g/mol. The zero-order valence-electron chi connectivity index (χ0n) is 13.7. The molecule has 0 amide bonds. The predicted octanol–water partition coefficient (Wildman–Crippen LogP) is 1.34. The minimum Gasteiger partial charge on any atom is -0.496 e. The van der Waals surface area contributed by atoms with E-state index >= 15 is 0 Å². The highest BCUT2D eigenvalue weighted by Gasteiger charge is 2.38. The molecule has 1 aromatic heterocycles. The van der Waals surface area contributed by atoms with Crippen LogP contribution in [0.2, 0.25) is 0 Å². The lowest BCUT2D eigenvalue weighted by Crippen LogP contribution is -2.49. The average molecular weight is 453 g/mol. The van der Waals surface area contributed by atoms with Crippen molar-refractivity contribution in [2.75, 3.05) is 26.7 Å². The summed E-state index contributed by atoms with van der Waals surface area (Å²) < 4.78 is 34.8. The second-order valence-electron chi connectivity index (χ2n) is 5.39. The summed E-state index contributed by atoms with van der Waals surface area (Å²) in [4.78, 5) is 0. The molecule has 1 aliphatic rings. The third-order valence-electron chi connectivity index (χ3n) is 3.98. The van der Waals surface area contributed by atoms with E-state index in [-0.39, 0.29) is 28.1 Å². The fourth-order valence-electron chi connectivity index (χ4n) is 2.89. The summed E-state index contributed by atoms with van der Waals surface area (Å²) in [5.41, 5.74) is 0.821. The van der Waals surface area contributed by atoms with E-state index in [0.717, 1.165) is 5.56 Å². The molecular formula is C14H19BrClN5O3S. The maximum Gasteiger partial charge on any atom is 0.263 e. The second kappa shape index (κ2) is 8.00. The lowest BCUT2D eigenvalue weighted by molar-refractivity contribution is 0.263. The number of nitrogens with zero attached hydrogens (tertiary/aromatic N) is 4. The second-order valence-corrected chi connectivity index (χ2v) is 7.94. The van der Waals surface area contributed by atoms with Gasteiger partial charge < -0.3 is 10.1 Å². The summed E-state index contributed by atoms with van der Waals surface area (Å²) in [7, 11) is -0.634. The Hall–Kier alpha value is -1.20. The fraction of sp³-hybridized carbons (Fsp3) is 0.429. The van der Waals surface area contributed by atoms with E-state index in [1.54, 1.807) is 14.2 Å². The van der Waals surface area contributed by atoms with Gasteiger partial charge in [-0.2, -0.15) is 4.31 Å². The van der Waals surface area contributed by atoms with E-state index < -0.39 is 10.0 Å². The Morgan fingerprint density at radius 1 is 1.36 bits per heavy atom. The van der Waals surface area contributed by atoms with E-state index in [1.807, 2.05) is 24.3 Å². The first-order valence-electron chi connectivity index (χ1n) is 7.37. The Kier molecular flexibility index (Phi) is 6.44. The van der Waals surface area contributed by atoms with Crippen molar-refractivity contribution in [3.8, 4) is 5.75 Å². The van der Waals surface area contributed by atoms with Crippen molar-refractivity contribution in [2.24, 2.45) is 7.05 Å². The first-order valence-corrected chi connectivity index (χ1v) is 9.60. The average Bonchev–Trinajstić information content (AvgIpc) is 2.94. The molecule has 2 aromatic rings. The lowest BCUT2D eigenvalue weighted by Gasteiger charge is -2.35. The maximum atomic E-state index is 13.2. The number of nitrogens with one attached hydrogen (secondary N) is 1. The summed E-state index contributed by atoms with van der Waals surface area (Å²) in [5, 5.41) is 10.9. The highest BCUT2D eigenvalue weighted by Crippen LogP contribution is 2.34. The van der Waals surface area contributed by atoms with Gasteiger partial charge >= 0.3 is 0 Å². The van der Waals surface area contributed by atoms with Gasteiger partial charge in [0.2, 0.25) is 5.03 Å². The Bertz CT molecular complexity index is 825. The number of ether oxygens (including phenoxy) is 1. The van der Waals surface area contributed by atoms with Gasteiger partial charge in [0.25, 0.3) is 10.0 Å². The molecule has 3 rings (SSSR count). The van der Waals surface area contributed by atoms with Crippen LogP contribution in [0.3, 0.4) is 0 Å². The third-order valence-corrected chi connectivity index (χ3v) is 6.78. The van der Waals surface area contributed by atoms with Crippen molar-refractivity contribution in [3.05, 3.63) is 34.4 Å². The van der Waals surface area contributed by atoms with Crippen molar-refractivity contribution >= 4 is 38.4 Å². The van der Waals surface area contributed by atoms with Crippen molar-refractivity contribution < 1.29 is 13.2 Å². The standard InChI is InChI=1S/C14H18BrN5O3S.ClH/c1-19-14(13(15)17-18-19)24(21,22)20-8-7-16-9-11(20)10-5-3-4-6-12(10)23-2;/h3-6,11,16H,7-9H2,1-2H3;1H. The van der Waals surface area contributed by atoms with Crippen LogP contribution in [0.25, 0.3) is 0 Å². The monoisotopic (exact) mass is 451 g/mol. The van der Waals surface area contributed by atoms with E-state index in [9.17, 15) is 8.42 Å². The van der Waals surface area contributed by atoms with Crippen LogP contribution < -0.4 is 10.1 Å². The molecule has 25 heavy (non-hydrogen) atoms. The molecule has 0 bridgehead atoms. The number of aryl methyl sites for hydroxylation is 1. The predicted molar refractivity (Wildman–Crippen MR) is 98.4 cm³/mol. The van der Waals surface area contributed by atoms with Crippen LogP contribution in [0, 0.1) is 0 Å². The molecule has 1 atom stereocenters. The Labute approximate surface area is 161 Å². The van der Waals surface area contributed by atoms with E-state index in [2.05, 4.69) is 31.6 Å². The highest BCUT2D eigenvalue weighted by atomic mass is 79.9. The molecule has 1 fully saturated rings. The van der Waals surface area contributed by atoms with Crippen LogP contribution in [0.1, 0.15) is 11.6 Å². The fourth-order valence-corrected chi connectivity index (χ4v) is 5.53. The molecule has 1 N–H and O–H groups in total. The molecule has 8 nitrogen and oxygen atoms in total. The van der Waals surface area contributed by atoms with Gasteiger partial charge in [-0.25, -0.2) is 13.1 Å². The van der Waals surface area contributed by atoms with Gasteiger partial charge in [0.15, 0.2) is 4.60 Å². The summed E-state index contributed by atoms with van der Waals surface area (Å²) in [6, 6.07) is 7.07. The zero-order chi connectivity index (χ0) is 17.3. The minimum absolute atomic E-state index is 0. The molecule has 2 heterocycles. The lowest BCUT2D eigenvalue weighted by atomic mass is 10.0. The molecule has 11 heteroatoms. The summed E-state index contributed by atoms with van der Waals surface area (Å²) in [6.07, 6.45) is 0. The van der Waals surface area contributed by atoms with Gasteiger partial charge in [-0.3, -0.25) is 0 Å². The van der Waals surface area contributed by atoms with Crippen molar-refractivity contribution in [1.29, 1.82) is 0 Å². The van der Waals surface area contributed by atoms with Crippen LogP contribution in [0.15, 0.2) is 33.9 Å². The van der Waals surface area contributed by atoms with Crippen LogP contribution in [0.4, 0.5) is 0 Å². The number of para-hydroxylation sites is 1. The molecule has 1 aromatic carbocycles. The molecule has 1 unspecified atom stereocenters. The van der Waals surface area contributed by atoms with Crippen LogP contribution in [-0.4, -0.2) is 54.5 Å². The largest absolute Gasteiger partial charge is 0.496 e. The molecule has 0 radical (unpaired) electrons. The number of hydrogen-bond donors (Lipinski definition) is 1. The summed E-state index contributed by atoms with van der Waals surface area (Å²) >= 11 is 3.18. The Balaban J connectivity index is 0.00000225. The molecule has 1 saturated heterocycles. The number of benzene rings is 1. The van der Waals surface area contributed by atoms with E-state index in [4.69, 9.17) is 4.74 Å². The molecule has 138 valence electrons. The smallest absolute Gasteiger partial charge is 0.263 e.